The third kappa shape index (κ3) is 4.02. The van der Waals surface area contributed by atoms with Crippen molar-refractivity contribution in [2.24, 2.45) is 17.6 Å². The number of nitrogens with two attached hydrogens (primary N) is 1. The number of halogens is 1. The van der Waals surface area contributed by atoms with Gasteiger partial charge in [-0.25, -0.2) is 0 Å². The summed E-state index contributed by atoms with van der Waals surface area (Å²) in [6.45, 7) is 4.80. The SMILES string of the molecule is CC(C)C(CN)C(=O)NCc1ccccc1Cl. The third-order valence-electron chi connectivity index (χ3n) is 2.81. The molecule has 0 saturated carbocycles. The molecule has 4 heteroatoms. The lowest BCUT2D eigenvalue weighted by Crippen LogP contribution is -2.37. The van der Waals surface area contributed by atoms with Crippen LogP contribution in [-0.4, -0.2) is 12.5 Å². The lowest BCUT2D eigenvalue weighted by atomic mass is 9.95. The van der Waals surface area contributed by atoms with Gasteiger partial charge >= 0.3 is 0 Å². The van der Waals surface area contributed by atoms with Gasteiger partial charge in [-0.05, 0) is 17.5 Å². The summed E-state index contributed by atoms with van der Waals surface area (Å²) in [5.74, 6) is 0.0890. The minimum Gasteiger partial charge on any atom is -0.352 e. The molecule has 0 radical (unpaired) electrons. The number of hydrogen-bond donors (Lipinski definition) is 2. The van der Waals surface area contributed by atoms with E-state index in [0.717, 1.165) is 5.56 Å². The van der Waals surface area contributed by atoms with Gasteiger partial charge in [0.05, 0.1) is 5.92 Å². The molecule has 1 amide bonds. The molecule has 17 heavy (non-hydrogen) atoms. The van der Waals surface area contributed by atoms with E-state index in [1.165, 1.54) is 0 Å². The summed E-state index contributed by atoms with van der Waals surface area (Å²) in [5.41, 5.74) is 6.51. The third-order valence-corrected chi connectivity index (χ3v) is 3.18. The van der Waals surface area contributed by atoms with Gasteiger partial charge in [-0.2, -0.15) is 0 Å². The molecule has 1 atom stereocenters. The van der Waals surface area contributed by atoms with Gasteiger partial charge in [0.2, 0.25) is 5.91 Å². The number of nitrogens with one attached hydrogen (secondary N) is 1. The fraction of sp³-hybridized carbons (Fsp3) is 0.462. The average Bonchev–Trinajstić information content (AvgIpc) is 2.28. The monoisotopic (exact) mass is 254 g/mol. The summed E-state index contributed by atoms with van der Waals surface area (Å²) >= 11 is 6.01. The lowest BCUT2D eigenvalue weighted by Gasteiger charge is -2.18. The highest BCUT2D eigenvalue weighted by Crippen LogP contribution is 2.15. The zero-order chi connectivity index (χ0) is 12.8. The summed E-state index contributed by atoms with van der Waals surface area (Å²) in [6, 6.07) is 7.47. The Balaban J connectivity index is 2.56. The molecule has 0 aliphatic carbocycles. The number of hydrogen-bond acceptors (Lipinski definition) is 2. The molecule has 1 unspecified atom stereocenters. The first-order chi connectivity index (χ1) is 8.06. The second-order valence-corrected chi connectivity index (χ2v) is 4.80. The molecule has 3 nitrogen and oxygen atoms in total. The Bertz CT molecular complexity index is 379. The van der Waals surface area contributed by atoms with Gasteiger partial charge in [0.25, 0.3) is 0 Å². The molecule has 1 aromatic carbocycles. The largest absolute Gasteiger partial charge is 0.352 e. The molecule has 0 bridgehead atoms. The van der Waals surface area contributed by atoms with Gasteiger partial charge in [0.1, 0.15) is 0 Å². The second kappa shape index (κ2) is 6.62. The van der Waals surface area contributed by atoms with Crippen LogP contribution in [0.2, 0.25) is 5.02 Å². The van der Waals surface area contributed by atoms with Crippen molar-refractivity contribution in [2.45, 2.75) is 20.4 Å². The van der Waals surface area contributed by atoms with E-state index in [1.807, 2.05) is 38.1 Å². The molecule has 0 fully saturated rings. The van der Waals surface area contributed by atoms with Crippen molar-refractivity contribution >= 4 is 17.5 Å². The van der Waals surface area contributed by atoms with Gasteiger partial charge < -0.3 is 11.1 Å². The van der Waals surface area contributed by atoms with Crippen molar-refractivity contribution < 1.29 is 4.79 Å². The number of carbonyl (C=O) groups excluding carboxylic acids is 1. The van der Waals surface area contributed by atoms with Crippen LogP contribution in [0, 0.1) is 11.8 Å². The van der Waals surface area contributed by atoms with Crippen LogP contribution in [0.5, 0.6) is 0 Å². The maximum absolute atomic E-state index is 11.9. The summed E-state index contributed by atoms with van der Waals surface area (Å²) in [6.07, 6.45) is 0. The highest BCUT2D eigenvalue weighted by Gasteiger charge is 2.20. The quantitative estimate of drug-likeness (QED) is 0.846. The first kappa shape index (κ1) is 14.0. The first-order valence-corrected chi connectivity index (χ1v) is 6.15. The maximum Gasteiger partial charge on any atom is 0.224 e. The van der Waals surface area contributed by atoms with Gasteiger partial charge in [-0.1, -0.05) is 43.6 Å². The molecule has 0 aliphatic rings. The fourth-order valence-corrected chi connectivity index (χ4v) is 1.84. The molecule has 94 valence electrons. The molecule has 1 aromatic rings. The normalized spacial score (nSPS) is 12.5. The number of carbonyl (C=O) groups is 1. The minimum atomic E-state index is -0.141. The Hall–Kier alpha value is -1.06. The molecular weight excluding hydrogens is 236 g/mol. The van der Waals surface area contributed by atoms with E-state index in [2.05, 4.69) is 5.32 Å². The Kier molecular flexibility index (Phi) is 5.45. The smallest absolute Gasteiger partial charge is 0.224 e. The molecule has 0 heterocycles. The molecule has 3 N–H and O–H groups in total. The Morgan fingerprint density at radius 2 is 2.06 bits per heavy atom. The van der Waals surface area contributed by atoms with Crippen LogP contribution < -0.4 is 11.1 Å². The standard InChI is InChI=1S/C13H19ClN2O/c1-9(2)11(7-15)13(17)16-8-10-5-3-4-6-12(10)14/h3-6,9,11H,7-8,15H2,1-2H3,(H,16,17). The van der Waals surface area contributed by atoms with E-state index < -0.39 is 0 Å². The van der Waals surface area contributed by atoms with Crippen LogP contribution in [0.4, 0.5) is 0 Å². The molecule has 0 aromatic heterocycles. The van der Waals surface area contributed by atoms with E-state index in [-0.39, 0.29) is 17.7 Å². The highest BCUT2D eigenvalue weighted by molar-refractivity contribution is 6.31. The summed E-state index contributed by atoms with van der Waals surface area (Å²) < 4.78 is 0. The number of amides is 1. The van der Waals surface area contributed by atoms with Crippen molar-refractivity contribution in [2.75, 3.05) is 6.54 Å². The predicted molar refractivity (Wildman–Crippen MR) is 70.7 cm³/mol. The van der Waals surface area contributed by atoms with Crippen LogP contribution in [0.25, 0.3) is 0 Å². The zero-order valence-electron chi connectivity index (χ0n) is 10.2. The van der Waals surface area contributed by atoms with Crippen molar-refractivity contribution in [3.8, 4) is 0 Å². The van der Waals surface area contributed by atoms with Crippen molar-refractivity contribution in [3.63, 3.8) is 0 Å². The Morgan fingerprint density at radius 3 is 2.59 bits per heavy atom. The molecule has 0 aliphatic heterocycles. The van der Waals surface area contributed by atoms with Gasteiger partial charge in [-0.3, -0.25) is 4.79 Å². The van der Waals surface area contributed by atoms with Crippen LogP contribution in [0.1, 0.15) is 19.4 Å². The van der Waals surface area contributed by atoms with E-state index in [1.54, 1.807) is 0 Å². The topological polar surface area (TPSA) is 55.1 Å². The van der Waals surface area contributed by atoms with Crippen LogP contribution >= 0.6 is 11.6 Å². The number of rotatable bonds is 5. The van der Waals surface area contributed by atoms with Crippen molar-refractivity contribution in [1.29, 1.82) is 0 Å². The fourth-order valence-electron chi connectivity index (χ4n) is 1.64. The van der Waals surface area contributed by atoms with Crippen LogP contribution in [-0.2, 0) is 11.3 Å². The Morgan fingerprint density at radius 1 is 1.41 bits per heavy atom. The Labute approximate surface area is 107 Å². The second-order valence-electron chi connectivity index (χ2n) is 4.40. The van der Waals surface area contributed by atoms with E-state index in [0.29, 0.717) is 18.1 Å². The first-order valence-electron chi connectivity index (χ1n) is 5.77. The summed E-state index contributed by atoms with van der Waals surface area (Å²) in [5, 5.41) is 3.54. The van der Waals surface area contributed by atoms with Crippen molar-refractivity contribution in [1.82, 2.24) is 5.32 Å². The molecule has 0 saturated heterocycles. The summed E-state index contributed by atoms with van der Waals surface area (Å²) in [7, 11) is 0. The average molecular weight is 255 g/mol. The molecule has 1 rings (SSSR count). The lowest BCUT2D eigenvalue weighted by molar-refractivity contribution is -0.126. The van der Waals surface area contributed by atoms with E-state index in [4.69, 9.17) is 17.3 Å². The maximum atomic E-state index is 11.9. The van der Waals surface area contributed by atoms with E-state index >= 15 is 0 Å². The number of benzene rings is 1. The highest BCUT2D eigenvalue weighted by atomic mass is 35.5. The van der Waals surface area contributed by atoms with Crippen molar-refractivity contribution in [3.05, 3.63) is 34.9 Å². The zero-order valence-corrected chi connectivity index (χ0v) is 11.0. The van der Waals surface area contributed by atoms with Crippen LogP contribution in [0.15, 0.2) is 24.3 Å². The molecule has 0 spiro atoms. The van der Waals surface area contributed by atoms with Crippen LogP contribution in [0.3, 0.4) is 0 Å². The minimum absolute atomic E-state index is 0.0116. The van der Waals surface area contributed by atoms with Gasteiger partial charge in [-0.15, -0.1) is 0 Å². The van der Waals surface area contributed by atoms with Gasteiger partial charge in [0.15, 0.2) is 0 Å². The predicted octanol–water partition coefficient (Wildman–Crippen LogP) is 2.19. The molecular formula is C13H19ClN2O. The summed E-state index contributed by atoms with van der Waals surface area (Å²) in [4.78, 5) is 11.9. The van der Waals surface area contributed by atoms with E-state index in [9.17, 15) is 4.79 Å². The van der Waals surface area contributed by atoms with Gasteiger partial charge in [0, 0.05) is 18.1 Å².